The van der Waals surface area contributed by atoms with E-state index in [1.54, 1.807) is 7.05 Å². The van der Waals surface area contributed by atoms with Crippen LogP contribution < -0.4 is 5.43 Å². The summed E-state index contributed by atoms with van der Waals surface area (Å²) in [4.78, 5) is 3.98. The van der Waals surface area contributed by atoms with Gasteiger partial charge < -0.3 is 0 Å². The maximum absolute atomic E-state index is 3.98. The first-order chi connectivity index (χ1) is 6.06. The fourth-order valence-corrected chi connectivity index (χ4v) is 0.754. The second-order valence-corrected chi connectivity index (χ2v) is 3.08. The molecular weight excluding hydrogens is 162 g/mol. The average molecular weight is 181 g/mol. The first-order valence-corrected chi connectivity index (χ1v) is 4.30. The van der Waals surface area contributed by atoms with Crippen LogP contribution in [0.2, 0.25) is 0 Å². The van der Waals surface area contributed by atoms with E-state index in [9.17, 15) is 0 Å². The Labute approximate surface area is 80.8 Å². The van der Waals surface area contributed by atoms with Gasteiger partial charge in [0, 0.05) is 20.3 Å². The smallest absolute Gasteiger partial charge is 0.111 e. The minimum absolute atomic E-state index is 0.891. The summed E-state index contributed by atoms with van der Waals surface area (Å²) in [5, 5.41) is 1.87. The van der Waals surface area contributed by atoms with Crippen LogP contribution in [0.3, 0.4) is 0 Å². The molecule has 0 spiro atoms. The van der Waals surface area contributed by atoms with Gasteiger partial charge >= 0.3 is 0 Å². The molecule has 0 radical (unpaired) electrons. The lowest BCUT2D eigenvalue weighted by molar-refractivity contribution is 0.406. The fourth-order valence-electron chi connectivity index (χ4n) is 0.754. The Balaban J connectivity index is 3.80. The summed E-state index contributed by atoms with van der Waals surface area (Å²) in [7, 11) is 3.69. The number of nitrogens with one attached hydrogen (secondary N) is 1. The van der Waals surface area contributed by atoms with E-state index in [1.165, 1.54) is 0 Å². The Kier molecular flexibility index (Phi) is 5.68. The quantitative estimate of drug-likeness (QED) is 0.311. The van der Waals surface area contributed by atoms with Crippen LogP contribution in [0.25, 0.3) is 0 Å². The summed E-state index contributed by atoms with van der Waals surface area (Å²) < 4.78 is 0. The molecule has 0 rings (SSSR count). The molecule has 1 N–H and O–H groups in total. The fraction of sp³-hybridized carbons (Fsp3) is 0.500. The number of hydrogen-bond acceptors (Lipinski definition) is 2. The van der Waals surface area contributed by atoms with Gasteiger partial charge in [0.25, 0.3) is 0 Å². The van der Waals surface area contributed by atoms with Gasteiger partial charge in [-0.15, -0.1) is 0 Å². The first kappa shape index (κ1) is 11.8. The second kappa shape index (κ2) is 6.29. The first-order valence-electron chi connectivity index (χ1n) is 4.30. The van der Waals surface area contributed by atoms with E-state index in [4.69, 9.17) is 0 Å². The second-order valence-electron chi connectivity index (χ2n) is 3.08. The van der Waals surface area contributed by atoms with Crippen molar-refractivity contribution in [2.75, 3.05) is 14.1 Å². The molecule has 0 amide bonds. The van der Waals surface area contributed by atoms with E-state index < -0.39 is 0 Å². The number of nitrogens with zero attached hydrogens (tertiary/aromatic N) is 2. The Hall–Kier alpha value is -1.25. The molecule has 0 heterocycles. The van der Waals surface area contributed by atoms with Gasteiger partial charge in [-0.25, -0.2) is 0 Å². The summed E-state index contributed by atoms with van der Waals surface area (Å²) in [6.45, 7) is 7.75. The monoisotopic (exact) mass is 181 g/mol. The molecule has 0 bridgehead atoms. The SMILES string of the molecule is C=C(C)C/C=C/N(C)NC(C)=NC. The summed E-state index contributed by atoms with van der Waals surface area (Å²) in [5.74, 6) is 0.891. The molecular formula is C10H19N3. The number of hydrogen-bond donors (Lipinski definition) is 1. The van der Waals surface area contributed by atoms with Gasteiger partial charge in [0.1, 0.15) is 5.84 Å². The molecule has 0 atom stereocenters. The van der Waals surface area contributed by atoms with Crippen LogP contribution in [0.5, 0.6) is 0 Å². The van der Waals surface area contributed by atoms with E-state index in [0.717, 1.165) is 17.8 Å². The van der Waals surface area contributed by atoms with Gasteiger partial charge in [-0.2, -0.15) is 0 Å². The highest BCUT2D eigenvalue weighted by molar-refractivity contribution is 5.78. The lowest BCUT2D eigenvalue weighted by Crippen LogP contribution is -2.33. The van der Waals surface area contributed by atoms with E-state index in [-0.39, 0.29) is 0 Å². The molecule has 0 aromatic carbocycles. The van der Waals surface area contributed by atoms with Crippen molar-refractivity contribution in [1.82, 2.24) is 10.4 Å². The van der Waals surface area contributed by atoms with E-state index >= 15 is 0 Å². The minimum atomic E-state index is 0.891. The molecule has 13 heavy (non-hydrogen) atoms. The summed E-state index contributed by atoms with van der Waals surface area (Å²) in [6, 6.07) is 0. The highest BCUT2D eigenvalue weighted by Crippen LogP contribution is 1.96. The van der Waals surface area contributed by atoms with Crippen molar-refractivity contribution in [2.24, 2.45) is 4.99 Å². The van der Waals surface area contributed by atoms with Crippen molar-refractivity contribution in [3.8, 4) is 0 Å². The van der Waals surface area contributed by atoms with Crippen LogP contribution >= 0.6 is 0 Å². The molecule has 74 valence electrons. The van der Waals surface area contributed by atoms with E-state index in [0.29, 0.717) is 0 Å². The maximum Gasteiger partial charge on any atom is 0.111 e. The predicted octanol–water partition coefficient (Wildman–Crippen LogP) is 1.95. The zero-order chi connectivity index (χ0) is 10.3. The van der Waals surface area contributed by atoms with Crippen LogP contribution in [0.15, 0.2) is 29.4 Å². The zero-order valence-electron chi connectivity index (χ0n) is 8.96. The van der Waals surface area contributed by atoms with Crippen molar-refractivity contribution < 1.29 is 0 Å². The van der Waals surface area contributed by atoms with Crippen molar-refractivity contribution in [2.45, 2.75) is 20.3 Å². The number of aliphatic imine (C=N–C) groups is 1. The topological polar surface area (TPSA) is 27.6 Å². The molecule has 3 heteroatoms. The minimum Gasteiger partial charge on any atom is -0.298 e. The molecule has 0 fully saturated rings. The third kappa shape index (κ3) is 7.12. The van der Waals surface area contributed by atoms with Crippen molar-refractivity contribution in [3.63, 3.8) is 0 Å². The van der Waals surface area contributed by atoms with Crippen LogP contribution in [-0.2, 0) is 0 Å². The molecule has 0 aromatic rings. The molecule has 0 unspecified atom stereocenters. The van der Waals surface area contributed by atoms with Gasteiger partial charge in [0.05, 0.1) is 0 Å². The Morgan fingerprint density at radius 3 is 2.62 bits per heavy atom. The summed E-state index contributed by atoms with van der Waals surface area (Å²) in [5.41, 5.74) is 4.23. The third-order valence-corrected chi connectivity index (χ3v) is 1.47. The molecule has 0 aromatic heterocycles. The third-order valence-electron chi connectivity index (χ3n) is 1.47. The zero-order valence-corrected chi connectivity index (χ0v) is 8.96. The van der Waals surface area contributed by atoms with Gasteiger partial charge in [-0.3, -0.25) is 15.4 Å². The molecule has 0 aliphatic carbocycles. The lowest BCUT2D eigenvalue weighted by atomic mass is 10.2. The van der Waals surface area contributed by atoms with Gasteiger partial charge in [0.15, 0.2) is 0 Å². The van der Waals surface area contributed by atoms with E-state index in [1.807, 2.05) is 32.1 Å². The molecule has 0 saturated carbocycles. The molecule has 0 aliphatic rings. The Bertz CT molecular complexity index is 216. The predicted molar refractivity (Wildman–Crippen MR) is 58.5 cm³/mol. The normalized spacial score (nSPS) is 11.8. The van der Waals surface area contributed by atoms with Crippen LogP contribution in [0.4, 0.5) is 0 Å². The van der Waals surface area contributed by atoms with Crippen LogP contribution in [-0.4, -0.2) is 24.9 Å². The van der Waals surface area contributed by atoms with Crippen LogP contribution in [0, 0.1) is 0 Å². The average Bonchev–Trinajstić information content (AvgIpc) is 2.03. The highest BCUT2D eigenvalue weighted by atomic mass is 15.5. The van der Waals surface area contributed by atoms with Crippen molar-refractivity contribution >= 4 is 5.84 Å². The largest absolute Gasteiger partial charge is 0.298 e. The highest BCUT2D eigenvalue weighted by Gasteiger charge is 1.89. The van der Waals surface area contributed by atoms with Gasteiger partial charge in [0.2, 0.25) is 0 Å². The number of allylic oxidation sites excluding steroid dienone is 2. The summed E-state index contributed by atoms with van der Waals surface area (Å²) >= 11 is 0. The van der Waals surface area contributed by atoms with Crippen molar-refractivity contribution in [3.05, 3.63) is 24.4 Å². The van der Waals surface area contributed by atoms with Gasteiger partial charge in [-0.05, 0) is 20.3 Å². The molecule has 3 nitrogen and oxygen atoms in total. The molecule has 0 aliphatic heterocycles. The molecule has 0 saturated heterocycles. The van der Waals surface area contributed by atoms with Crippen molar-refractivity contribution in [1.29, 1.82) is 0 Å². The van der Waals surface area contributed by atoms with Gasteiger partial charge in [-0.1, -0.05) is 18.2 Å². The van der Waals surface area contributed by atoms with Crippen LogP contribution in [0.1, 0.15) is 20.3 Å². The van der Waals surface area contributed by atoms with E-state index in [2.05, 4.69) is 23.1 Å². The standard InChI is InChI=1S/C10H19N3/c1-9(2)7-6-8-13(5)12-10(3)11-4/h6,8H,1,7H2,2-5H3,(H,11,12)/b8-6+. The summed E-state index contributed by atoms with van der Waals surface area (Å²) in [6.07, 6.45) is 4.93. The number of rotatable bonds is 4. The lowest BCUT2D eigenvalue weighted by Gasteiger charge is -2.15. The Morgan fingerprint density at radius 1 is 1.54 bits per heavy atom. The maximum atomic E-state index is 3.98. The number of amidine groups is 1. The number of hydrazine groups is 1. The Morgan fingerprint density at radius 2 is 2.15 bits per heavy atom.